The van der Waals surface area contributed by atoms with E-state index in [1.165, 1.54) is 154 Å². The average molecular weight is 791 g/mol. The van der Waals surface area contributed by atoms with E-state index in [9.17, 15) is 19.5 Å². The molecule has 56 heavy (non-hydrogen) atoms. The van der Waals surface area contributed by atoms with Crippen molar-refractivity contribution in [3.63, 3.8) is 0 Å². The Labute approximate surface area is 347 Å². The monoisotopic (exact) mass is 791 g/mol. The Kier molecular flexibility index (Phi) is 42.7. The highest BCUT2D eigenvalue weighted by Gasteiger charge is 2.19. The number of carbonyl (C=O) groups is 3. The number of nitrogens with one attached hydrogen (secondary N) is 1. The van der Waals surface area contributed by atoms with E-state index in [1.807, 2.05) is 0 Å². The van der Waals surface area contributed by atoms with Gasteiger partial charge in [0.25, 0.3) is 0 Å². The number of aliphatic carboxylic acids is 1. The van der Waals surface area contributed by atoms with Crippen LogP contribution in [0, 0.1) is 0 Å². The smallest absolute Gasteiger partial charge is 0.326 e. The molecule has 330 valence electrons. The number of nitrogens with two attached hydrogens (primary N) is 1. The lowest BCUT2D eigenvalue weighted by Gasteiger charge is -2.18. The van der Waals surface area contributed by atoms with Gasteiger partial charge >= 0.3 is 11.9 Å². The zero-order valence-corrected chi connectivity index (χ0v) is 37.3. The molecule has 0 aliphatic heterocycles. The van der Waals surface area contributed by atoms with E-state index in [4.69, 9.17) is 10.5 Å². The number of esters is 1. The van der Waals surface area contributed by atoms with Gasteiger partial charge in [0, 0.05) is 12.8 Å². The quantitative estimate of drug-likeness (QED) is 0.0321. The van der Waals surface area contributed by atoms with Crippen molar-refractivity contribution in [2.75, 3.05) is 6.54 Å². The molecule has 7 heteroatoms. The van der Waals surface area contributed by atoms with Gasteiger partial charge in [-0.15, -0.1) is 0 Å². The molecule has 1 amide bonds. The first-order chi connectivity index (χ1) is 27.4. The van der Waals surface area contributed by atoms with Gasteiger partial charge in [-0.05, 0) is 77.2 Å². The predicted molar refractivity (Wildman–Crippen MR) is 239 cm³/mol. The van der Waals surface area contributed by atoms with Gasteiger partial charge < -0.3 is 20.9 Å². The molecule has 0 aromatic heterocycles. The van der Waals surface area contributed by atoms with Crippen molar-refractivity contribution in [1.82, 2.24) is 5.32 Å². The summed E-state index contributed by atoms with van der Waals surface area (Å²) in [7, 11) is 0. The molecule has 0 aliphatic carbocycles. The van der Waals surface area contributed by atoms with Crippen molar-refractivity contribution >= 4 is 17.8 Å². The second kappa shape index (κ2) is 44.2. The Balaban J connectivity index is 4.28. The molecule has 0 bridgehead atoms. The van der Waals surface area contributed by atoms with Crippen LogP contribution in [0.2, 0.25) is 0 Å². The molecule has 0 saturated heterocycles. The molecule has 0 heterocycles. The molecule has 2 atom stereocenters. The van der Waals surface area contributed by atoms with Crippen LogP contribution in [0.3, 0.4) is 0 Å². The number of hydrogen-bond acceptors (Lipinski definition) is 5. The number of carboxylic acid groups (broad SMARTS) is 1. The Morgan fingerprint density at radius 2 is 0.893 bits per heavy atom. The first kappa shape index (κ1) is 54.1. The van der Waals surface area contributed by atoms with Crippen LogP contribution in [0.5, 0.6) is 0 Å². The van der Waals surface area contributed by atoms with Crippen LogP contribution in [0.25, 0.3) is 0 Å². The summed E-state index contributed by atoms with van der Waals surface area (Å²) in [6.45, 7) is 4.97. The van der Waals surface area contributed by atoms with E-state index in [0.29, 0.717) is 32.2 Å². The fourth-order valence-corrected chi connectivity index (χ4v) is 7.63. The zero-order chi connectivity index (χ0) is 41.0. The van der Waals surface area contributed by atoms with Gasteiger partial charge in [-0.1, -0.05) is 193 Å². The van der Waals surface area contributed by atoms with Crippen LogP contribution in [0.4, 0.5) is 0 Å². The lowest BCUT2D eigenvalue weighted by atomic mass is 10.0. The Morgan fingerprint density at radius 3 is 1.36 bits per heavy atom. The minimum absolute atomic E-state index is 0.0124. The molecule has 0 rings (SSSR count). The van der Waals surface area contributed by atoms with Crippen molar-refractivity contribution in [3.05, 3.63) is 12.2 Å². The van der Waals surface area contributed by atoms with Crippen LogP contribution >= 0.6 is 0 Å². The third-order valence-electron chi connectivity index (χ3n) is 11.3. The standard InChI is InChI=1S/C49H94N2O5/c1-3-5-7-9-11-13-15-17-18-19-20-22-24-26-28-33-37-43-48(53)56-45(39-34-30-27-25-23-21-16-14-12-10-8-6-4-2)40-35-31-29-32-36-42-47(52)51-46(49(54)55)41-38-44-50/h25,27,45-46H,3-24,26,28-44,50H2,1-2H3,(H,51,52)(H,54,55)/b27-25-. The first-order valence-corrected chi connectivity index (χ1v) is 24.5. The third kappa shape index (κ3) is 40.3. The number of allylic oxidation sites excluding steroid dienone is 2. The van der Waals surface area contributed by atoms with Crippen LogP contribution in [-0.4, -0.2) is 41.6 Å². The summed E-state index contributed by atoms with van der Waals surface area (Å²) in [5.41, 5.74) is 5.49. The summed E-state index contributed by atoms with van der Waals surface area (Å²) in [4.78, 5) is 36.5. The third-order valence-corrected chi connectivity index (χ3v) is 11.3. The lowest BCUT2D eigenvalue weighted by Crippen LogP contribution is -2.40. The van der Waals surface area contributed by atoms with Crippen molar-refractivity contribution in [3.8, 4) is 0 Å². The maximum absolute atomic E-state index is 12.8. The van der Waals surface area contributed by atoms with Gasteiger partial charge in [0.1, 0.15) is 12.1 Å². The highest BCUT2D eigenvalue weighted by molar-refractivity contribution is 5.83. The van der Waals surface area contributed by atoms with Gasteiger partial charge in [-0.2, -0.15) is 0 Å². The number of carbonyl (C=O) groups excluding carboxylic acids is 2. The van der Waals surface area contributed by atoms with Crippen LogP contribution in [0.15, 0.2) is 12.2 Å². The molecule has 0 aromatic rings. The molecule has 0 spiro atoms. The molecule has 0 radical (unpaired) electrons. The number of ether oxygens (including phenoxy) is 1. The SMILES string of the molecule is CCCCCCCCCC/C=C\CCCC(CCCCCCCC(=O)NC(CCCN)C(=O)O)OC(=O)CCCCCCCCCCCCCCCCCCC. The van der Waals surface area contributed by atoms with Gasteiger partial charge in [-0.25, -0.2) is 4.79 Å². The summed E-state index contributed by atoms with van der Waals surface area (Å²) in [6.07, 6.45) is 49.8. The molecule has 0 aromatic carbocycles. The molecule has 0 aliphatic rings. The first-order valence-electron chi connectivity index (χ1n) is 24.5. The Hall–Kier alpha value is -1.89. The van der Waals surface area contributed by atoms with Crippen molar-refractivity contribution in [2.24, 2.45) is 5.73 Å². The van der Waals surface area contributed by atoms with Crippen LogP contribution in [-0.2, 0) is 19.1 Å². The lowest BCUT2D eigenvalue weighted by molar-refractivity contribution is -0.150. The number of amides is 1. The summed E-state index contributed by atoms with van der Waals surface area (Å²) in [5, 5.41) is 12.0. The minimum atomic E-state index is -1.00. The Morgan fingerprint density at radius 1 is 0.500 bits per heavy atom. The molecular formula is C49H94N2O5. The summed E-state index contributed by atoms with van der Waals surface area (Å²) >= 11 is 0. The van der Waals surface area contributed by atoms with Crippen molar-refractivity contribution in [2.45, 2.75) is 276 Å². The predicted octanol–water partition coefficient (Wildman–Crippen LogP) is 14.2. The highest BCUT2D eigenvalue weighted by atomic mass is 16.5. The largest absolute Gasteiger partial charge is 0.480 e. The topological polar surface area (TPSA) is 119 Å². The maximum Gasteiger partial charge on any atom is 0.326 e. The van der Waals surface area contributed by atoms with Gasteiger partial charge in [0.2, 0.25) is 5.91 Å². The number of unbranched alkanes of at least 4 members (excludes halogenated alkanes) is 29. The summed E-state index contributed by atoms with van der Waals surface area (Å²) in [5.74, 6) is -1.23. The van der Waals surface area contributed by atoms with E-state index in [2.05, 4.69) is 31.3 Å². The fourth-order valence-electron chi connectivity index (χ4n) is 7.63. The molecule has 0 saturated carbocycles. The van der Waals surface area contributed by atoms with E-state index in [1.54, 1.807) is 0 Å². The van der Waals surface area contributed by atoms with E-state index in [0.717, 1.165) is 70.6 Å². The van der Waals surface area contributed by atoms with Gasteiger partial charge in [-0.3, -0.25) is 9.59 Å². The maximum atomic E-state index is 12.8. The van der Waals surface area contributed by atoms with Crippen LogP contribution in [0.1, 0.15) is 264 Å². The van der Waals surface area contributed by atoms with Gasteiger partial charge in [0.15, 0.2) is 0 Å². The number of hydrogen-bond donors (Lipinski definition) is 3. The summed E-state index contributed by atoms with van der Waals surface area (Å²) < 4.78 is 6.06. The second-order valence-electron chi connectivity index (χ2n) is 16.9. The van der Waals surface area contributed by atoms with E-state index >= 15 is 0 Å². The van der Waals surface area contributed by atoms with Crippen molar-refractivity contribution < 1.29 is 24.2 Å². The Bertz CT molecular complexity index is 894. The summed E-state index contributed by atoms with van der Waals surface area (Å²) in [6, 6.07) is -0.856. The molecule has 0 fully saturated rings. The molecule has 7 nitrogen and oxygen atoms in total. The van der Waals surface area contributed by atoms with E-state index in [-0.39, 0.29) is 18.0 Å². The molecule has 2 unspecified atom stereocenters. The highest BCUT2D eigenvalue weighted by Crippen LogP contribution is 2.19. The minimum Gasteiger partial charge on any atom is -0.480 e. The second-order valence-corrected chi connectivity index (χ2v) is 16.9. The van der Waals surface area contributed by atoms with E-state index < -0.39 is 12.0 Å². The average Bonchev–Trinajstić information content (AvgIpc) is 3.18. The zero-order valence-electron chi connectivity index (χ0n) is 37.3. The fraction of sp³-hybridized carbons (Fsp3) is 0.898. The van der Waals surface area contributed by atoms with Crippen LogP contribution < -0.4 is 11.1 Å². The normalized spacial score (nSPS) is 12.6. The number of rotatable bonds is 45. The molecule has 4 N–H and O–H groups in total. The number of carboxylic acids is 1. The van der Waals surface area contributed by atoms with Crippen molar-refractivity contribution in [1.29, 1.82) is 0 Å². The molecular weight excluding hydrogens is 697 g/mol. The van der Waals surface area contributed by atoms with Gasteiger partial charge in [0.05, 0.1) is 0 Å².